The van der Waals surface area contributed by atoms with Crippen LogP contribution in [0.2, 0.25) is 0 Å². The summed E-state index contributed by atoms with van der Waals surface area (Å²) in [5.41, 5.74) is 35.8. The van der Waals surface area contributed by atoms with Crippen LogP contribution in [0, 0.1) is 27.7 Å². The standard InChI is InChI=1S/3C28H25N.C19H15N/c1-20-10-9-15-26-27(20)28(2,3)24-13-7-8-14-25(24)29(26)23-18-16-22(17-19-23)21-11-5-4-6-12-21;1-20-13-18-27-25(19-20)28(2,3)24-11-7-8-12-26(24)29(27)23-16-14-22(15-17-23)21-9-5-4-6-10-21;1-20-13-18-25-27(19-20)29(26-12-8-7-11-24(26)28(25,2)3)23-16-14-22(15-17-23)21-9-5-4-6-10-21;1-14-11-12-17-16-9-5-6-10-18(16)20(19(17)13-14)15-7-3-2-4-8-15/h3*4-19H,1-3H3;2-13H,1H3. The predicted molar refractivity (Wildman–Crippen MR) is 456 cm³/mol. The molecule has 15 aromatic carbocycles. The van der Waals surface area contributed by atoms with Crippen LogP contribution in [-0.4, -0.2) is 4.57 Å². The second-order valence-corrected chi connectivity index (χ2v) is 30.4. The van der Waals surface area contributed by atoms with Crippen LogP contribution in [0.5, 0.6) is 0 Å². The van der Waals surface area contributed by atoms with Crippen LogP contribution in [0.15, 0.2) is 364 Å². The van der Waals surface area contributed by atoms with Gasteiger partial charge in [-0.3, -0.25) is 0 Å². The fraction of sp³-hybridized carbons (Fsp3) is 0.126. The number of rotatable bonds is 7. The van der Waals surface area contributed by atoms with Crippen molar-refractivity contribution in [3.8, 4) is 39.1 Å². The molecule has 3 aliphatic rings. The second kappa shape index (κ2) is 28.5. The zero-order valence-electron chi connectivity index (χ0n) is 62.9. The van der Waals surface area contributed by atoms with Crippen molar-refractivity contribution in [2.45, 2.75) is 85.5 Å². The van der Waals surface area contributed by atoms with Crippen LogP contribution in [0.4, 0.5) is 51.2 Å². The minimum Gasteiger partial charge on any atom is -0.310 e. The monoisotopic (exact) mass is 1380 g/mol. The molecule has 0 bridgehead atoms. The van der Waals surface area contributed by atoms with Gasteiger partial charge >= 0.3 is 0 Å². The van der Waals surface area contributed by atoms with Gasteiger partial charge in [-0.05, 0) is 208 Å². The molecule has 0 saturated carbocycles. The van der Waals surface area contributed by atoms with E-state index in [-0.39, 0.29) is 16.2 Å². The molecule has 3 aliphatic heterocycles. The van der Waals surface area contributed by atoms with Crippen molar-refractivity contribution in [1.82, 2.24) is 4.57 Å². The average Bonchev–Trinajstić information content (AvgIpc) is 1.56. The summed E-state index contributed by atoms with van der Waals surface area (Å²) < 4.78 is 2.34. The molecule has 0 unspecified atom stereocenters. The maximum absolute atomic E-state index is 2.41. The molecule has 4 nitrogen and oxygen atoms in total. The SMILES string of the molecule is Cc1ccc2c(c1)C(C)(C)c1ccccc1N2c1ccc(-c2ccccc2)cc1.Cc1ccc2c(c1)N(c1ccc(-c3ccccc3)cc1)c1ccccc1C2(C)C.Cc1ccc2c3ccccc3n(-c3ccccc3)c2c1.Cc1cccc2c1C(C)(C)c1ccccc1N2c1ccc(-c2ccccc2)cc1. The summed E-state index contributed by atoms with van der Waals surface area (Å²) in [5.74, 6) is 0. The number of para-hydroxylation sites is 5. The lowest BCUT2D eigenvalue weighted by molar-refractivity contribution is 0.627. The van der Waals surface area contributed by atoms with Gasteiger partial charge in [-0.15, -0.1) is 0 Å². The van der Waals surface area contributed by atoms with E-state index in [2.05, 4.69) is 452 Å². The summed E-state index contributed by atoms with van der Waals surface area (Å²) in [4.78, 5) is 7.24. The van der Waals surface area contributed by atoms with Gasteiger partial charge in [-0.2, -0.15) is 0 Å². The molecule has 4 heterocycles. The summed E-state index contributed by atoms with van der Waals surface area (Å²) >= 11 is 0. The first-order chi connectivity index (χ1) is 52.0. The molecule has 0 fully saturated rings. The molecule has 107 heavy (non-hydrogen) atoms. The van der Waals surface area contributed by atoms with E-state index >= 15 is 0 Å². The van der Waals surface area contributed by atoms with Gasteiger partial charge in [0.05, 0.1) is 45.2 Å². The topological polar surface area (TPSA) is 14.7 Å². The van der Waals surface area contributed by atoms with Crippen molar-refractivity contribution >= 4 is 73.0 Å². The van der Waals surface area contributed by atoms with Crippen molar-refractivity contribution < 1.29 is 0 Å². The maximum atomic E-state index is 2.41. The van der Waals surface area contributed by atoms with Crippen LogP contribution in [0.1, 0.15) is 97.2 Å². The van der Waals surface area contributed by atoms with Crippen LogP contribution >= 0.6 is 0 Å². The molecule has 0 saturated heterocycles. The Balaban J connectivity index is 0.000000110. The lowest BCUT2D eigenvalue weighted by Gasteiger charge is -2.43. The Morgan fingerprint density at radius 3 is 1.07 bits per heavy atom. The second-order valence-electron chi connectivity index (χ2n) is 30.4. The Morgan fingerprint density at radius 1 is 0.206 bits per heavy atom. The van der Waals surface area contributed by atoms with E-state index in [0.717, 1.165) is 0 Å². The van der Waals surface area contributed by atoms with Crippen molar-refractivity contribution in [2.24, 2.45) is 0 Å². The van der Waals surface area contributed by atoms with Crippen molar-refractivity contribution in [3.05, 3.63) is 420 Å². The molecule has 1 aromatic heterocycles. The Labute approximate surface area is 632 Å². The molecule has 0 N–H and O–H groups in total. The van der Waals surface area contributed by atoms with Gasteiger partial charge in [0.15, 0.2) is 0 Å². The Morgan fingerprint density at radius 2 is 0.551 bits per heavy atom. The maximum Gasteiger partial charge on any atom is 0.0543 e. The minimum atomic E-state index is -0.0300. The fourth-order valence-corrected chi connectivity index (χ4v) is 16.8. The van der Waals surface area contributed by atoms with Gasteiger partial charge in [-0.1, -0.05) is 314 Å². The van der Waals surface area contributed by atoms with Gasteiger partial charge in [0.1, 0.15) is 0 Å². The normalized spacial score (nSPS) is 13.7. The van der Waals surface area contributed by atoms with E-state index in [9.17, 15) is 0 Å². The first kappa shape index (κ1) is 68.9. The van der Waals surface area contributed by atoms with Gasteiger partial charge in [0.2, 0.25) is 0 Å². The van der Waals surface area contributed by atoms with Gasteiger partial charge < -0.3 is 19.3 Å². The Bertz CT molecular complexity index is 5780. The Hall–Kier alpha value is -12.5. The molecule has 0 radical (unpaired) electrons. The number of benzene rings is 15. The first-order valence-corrected chi connectivity index (χ1v) is 37.6. The molecule has 19 rings (SSSR count). The summed E-state index contributed by atoms with van der Waals surface area (Å²) in [6, 6.07) is 131. The summed E-state index contributed by atoms with van der Waals surface area (Å²) in [6.45, 7) is 22.7. The van der Waals surface area contributed by atoms with Crippen molar-refractivity contribution in [1.29, 1.82) is 0 Å². The smallest absolute Gasteiger partial charge is 0.0543 e. The fourth-order valence-electron chi connectivity index (χ4n) is 16.8. The summed E-state index contributed by atoms with van der Waals surface area (Å²) in [7, 11) is 0. The number of aromatic nitrogens is 1. The van der Waals surface area contributed by atoms with Gasteiger partial charge in [0, 0.05) is 49.8 Å². The van der Waals surface area contributed by atoms with E-state index in [1.165, 1.54) is 168 Å². The zero-order chi connectivity index (χ0) is 73.6. The molecular formula is C103H90N4. The van der Waals surface area contributed by atoms with Crippen molar-refractivity contribution in [3.63, 3.8) is 0 Å². The molecular weight excluding hydrogens is 1290 g/mol. The zero-order valence-corrected chi connectivity index (χ0v) is 62.9. The van der Waals surface area contributed by atoms with Gasteiger partial charge in [-0.25, -0.2) is 0 Å². The Kier molecular flexibility index (Phi) is 18.4. The molecule has 0 atom stereocenters. The average molecular weight is 1380 g/mol. The predicted octanol–water partition coefficient (Wildman–Crippen LogP) is 28.4. The van der Waals surface area contributed by atoms with Crippen LogP contribution in [-0.2, 0) is 16.2 Å². The highest BCUT2D eigenvalue weighted by molar-refractivity contribution is 6.09. The number of aryl methyl sites for hydroxylation is 4. The van der Waals surface area contributed by atoms with Crippen LogP contribution in [0.3, 0.4) is 0 Å². The molecule has 0 aliphatic carbocycles. The first-order valence-electron chi connectivity index (χ1n) is 37.6. The highest BCUT2D eigenvalue weighted by Crippen LogP contribution is 2.56. The van der Waals surface area contributed by atoms with Crippen LogP contribution in [0.25, 0.3) is 60.9 Å². The minimum absolute atomic E-state index is 0.0277. The third-order valence-electron chi connectivity index (χ3n) is 22.2. The highest BCUT2D eigenvalue weighted by atomic mass is 15.2. The van der Waals surface area contributed by atoms with Gasteiger partial charge in [0.25, 0.3) is 0 Å². The molecule has 4 heteroatoms. The number of fused-ring (bicyclic) bond motifs is 9. The van der Waals surface area contributed by atoms with E-state index in [1.54, 1.807) is 0 Å². The molecule has 522 valence electrons. The van der Waals surface area contributed by atoms with E-state index in [4.69, 9.17) is 0 Å². The van der Waals surface area contributed by atoms with Crippen molar-refractivity contribution in [2.75, 3.05) is 14.7 Å². The third-order valence-corrected chi connectivity index (χ3v) is 22.2. The summed E-state index contributed by atoms with van der Waals surface area (Å²) in [6.07, 6.45) is 0. The quantitative estimate of drug-likeness (QED) is 0.158. The third kappa shape index (κ3) is 12.9. The number of hydrogen-bond acceptors (Lipinski definition) is 3. The summed E-state index contributed by atoms with van der Waals surface area (Å²) in [5, 5.41) is 2.63. The number of anilines is 9. The largest absolute Gasteiger partial charge is 0.310 e. The molecule has 0 spiro atoms. The van der Waals surface area contributed by atoms with E-state index in [0.29, 0.717) is 0 Å². The van der Waals surface area contributed by atoms with Crippen LogP contribution < -0.4 is 14.7 Å². The highest BCUT2D eigenvalue weighted by Gasteiger charge is 2.40. The number of hydrogen-bond donors (Lipinski definition) is 0. The molecule has 16 aromatic rings. The lowest BCUT2D eigenvalue weighted by atomic mass is 9.72. The molecule has 0 amide bonds. The van der Waals surface area contributed by atoms with E-state index in [1.807, 2.05) is 0 Å². The van der Waals surface area contributed by atoms with E-state index < -0.39 is 0 Å². The number of nitrogens with zero attached hydrogens (tertiary/aromatic N) is 4. The lowest BCUT2D eigenvalue weighted by Crippen LogP contribution is -2.31.